The van der Waals surface area contributed by atoms with E-state index in [0.717, 1.165) is 8.95 Å². The predicted molar refractivity (Wildman–Crippen MR) is 101 cm³/mol. The van der Waals surface area contributed by atoms with Crippen LogP contribution in [0, 0.1) is 0 Å². The first kappa shape index (κ1) is 18.9. The first-order chi connectivity index (χ1) is 11.4. The van der Waals surface area contributed by atoms with Crippen LogP contribution in [0.3, 0.4) is 0 Å². The van der Waals surface area contributed by atoms with Crippen molar-refractivity contribution < 1.29 is 19.0 Å². The number of carbonyl (C=O) groups excluding carboxylic acids is 1. The average molecular weight is 480 g/mol. The second-order valence-electron chi connectivity index (χ2n) is 4.60. The number of rotatable bonds is 6. The van der Waals surface area contributed by atoms with Gasteiger partial charge in [-0.05, 0) is 34.1 Å². The van der Waals surface area contributed by atoms with E-state index < -0.39 is 0 Å². The summed E-state index contributed by atoms with van der Waals surface area (Å²) in [5.74, 6) is 1.16. The number of benzene rings is 2. The molecule has 5 nitrogen and oxygen atoms in total. The van der Waals surface area contributed by atoms with E-state index in [2.05, 4.69) is 37.2 Å². The Morgan fingerprint density at radius 2 is 1.75 bits per heavy atom. The minimum Gasteiger partial charge on any atom is -0.493 e. The summed E-state index contributed by atoms with van der Waals surface area (Å²) in [6, 6.07) is 8.57. The van der Waals surface area contributed by atoms with Crippen LogP contribution in [0.1, 0.15) is 0 Å². The summed E-state index contributed by atoms with van der Waals surface area (Å²) in [5.41, 5.74) is 0.415. The molecule has 0 saturated heterocycles. The van der Waals surface area contributed by atoms with Gasteiger partial charge in [-0.1, -0.05) is 27.5 Å². The minimum absolute atomic E-state index is 0.162. The summed E-state index contributed by atoms with van der Waals surface area (Å²) in [6.45, 7) is -0.162. The Hall–Kier alpha value is -1.44. The zero-order valence-electron chi connectivity index (χ0n) is 12.9. The first-order valence-corrected chi connectivity index (χ1v) is 8.70. The number of methoxy groups -OCH3 is 2. The van der Waals surface area contributed by atoms with Gasteiger partial charge in [0.05, 0.1) is 29.4 Å². The molecule has 2 aromatic rings. The summed E-state index contributed by atoms with van der Waals surface area (Å²) in [4.78, 5) is 12.1. The molecule has 0 aliphatic carbocycles. The number of ether oxygens (including phenoxy) is 3. The summed E-state index contributed by atoms with van der Waals surface area (Å²) in [5, 5.41) is 3.02. The summed E-state index contributed by atoms with van der Waals surface area (Å²) >= 11 is 12.9. The van der Waals surface area contributed by atoms with Crippen LogP contribution < -0.4 is 19.5 Å². The van der Waals surface area contributed by atoms with Gasteiger partial charge in [-0.25, -0.2) is 0 Å². The molecule has 128 valence electrons. The third-order valence-corrected chi connectivity index (χ3v) is 4.43. The topological polar surface area (TPSA) is 56.8 Å². The molecular formula is C16H14Br2ClNO4. The lowest BCUT2D eigenvalue weighted by Gasteiger charge is -2.13. The van der Waals surface area contributed by atoms with E-state index in [1.807, 2.05) is 12.1 Å². The fourth-order valence-electron chi connectivity index (χ4n) is 1.87. The Kier molecular flexibility index (Phi) is 6.77. The van der Waals surface area contributed by atoms with Gasteiger partial charge in [0, 0.05) is 16.6 Å². The van der Waals surface area contributed by atoms with Crippen LogP contribution in [0.2, 0.25) is 5.02 Å². The minimum atomic E-state index is -0.348. The van der Waals surface area contributed by atoms with Gasteiger partial charge < -0.3 is 19.5 Å². The Labute approximate surface area is 161 Å². The van der Waals surface area contributed by atoms with Crippen molar-refractivity contribution in [2.45, 2.75) is 0 Å². The molecule has 8 heteroatoms. The van der Waals surface area contributed by atoms with Crippen molar-refractivity contribution in [3.8, 4) is 17.2 Å². The van der Waals surface area contributed by atoms with Crippen molar-refractivity contribution in [3.05, 3.63) is 44.3 Å². The van der Waals surface area contributed by atoms with Crippen LogP contribution in [-0.4, -0.2) is 26.7 Å². The maximum Gasteiger partial charge on any atom is 0.262 e. The molecule has 0 saturated carbocycles. The van der Waals surface area contributed by atoms with Gasteiger partial charge in [-0.3, -0.25) is 4.79 Å². The molecule has 2 aromatic carbocycles. The Morgan fingerprint density at radius 1 is 1.08 bits per heavy atom. The number of halogens is 3. The third-order valence-electron chi connectivity index (χ3n) is 3.00. The fraction of sp³-hybridized carbons (Fsp3) is 0.188. The summed E-state index contributed by atoms with van der Waals surface area (Å²) in [6.07, 6.45) is 0. The van der Waals surface area contributed by atoms with E-state index in [0.29, 0.717) is 28.0 Å². The zero-order chi connectivity index (χ0) is 17.7. The molecule has 0 fully saturated rings. The molecule has 0 aliphatic rings. The van der Waals surface area contributed by atoms with Crippen LogP contribution in [0.4, 0.5) is 5.69 Å². The highest BCUT2D eigenvalue weighted by Crippen LogP contribution is 2.36. The number of carbonyl (C=O) groups is 1. The Balaban J connectivity index is 2.04. The van der Waals surface area contributed by atoms with Crippen LogP contribution in [0.5, 0.6) is 17.2 Å². The molecule has 0 bridgehead atoms. The Bertz CT molecular complexity index is 755. The molecule has 0 aromatic heterocycles. The van der Waals surface area contributed by atoms with Crippen LogP contribution in [0.25, 0.3) is 0 Å². The van der Waals surface area contributed by atoms with Gasteiger partial charge in [-0.2, -0.15) is 0 Å². The molecule has 24 heavy (non-hydrogen) atoms. The number of amides is 1. The van der Waals surface area contributed by atoms with Crippen molar-refractivity contribution >= 4 is 55.1 Å². The van der Waals surface area contributed by atoms with Gasteiger partial charge in [0.1, 0.15) is 5.75 Å². The molecule has 2 rings (SSSR count). The van der Waals surface area contributed by atoms with E-state index in [1.165, 1.54) is 14.2 Å². The molecule has 0 spiro atoms. The molecular weight excluding hydrogens is 465 g/mol. The van der Waals surface area contributed by atoms with Crippen LogP contribution in [-0.2, 0) is 4.79 Å². The van der Waals surface area contributed by atoms with Crippen molar-refractivity contribution in [2.75, 3.05) is 26.1 Å². The first-order valence-electron chi connectivity index (χ1n) is 6.73. The predicted octanol–water partition coefficient (Wildman–Crippen LogP) is 4.90. The quantitative estimate of drug-likeness (QED) is 0.641. The van der Waals surface area contributed by atoms with Gasteiger partial charge in [0.25, 0.3) is 5.91 Å². The van der Waals surface area contributed by atoms with E-state index in [4.69, 9.17) is 25.8 Å². The van der Waals surface area contributed by atoms with E-state index in [9.17, 15) is 4.79 Å². The maximum absolute atomic E-state index is 12.1. The second-order valence-corrected chi connectivity index (χ2v) is 6.78. The molecule has 0 aliphatic heterocycles. The number of anilines is 1. The van der Waals surface area contributed by atoms with E-state index >= 15 is 0 Å². The van der Waals surface area contributed by atoms with Crippen molar-refractivity contribution in [2.24, 2.45) is 0 Å². The largest absolute Gasteiger partial charge is 0.493 e. The van der Waals surface area contributed by atoms with Crippen LogP contribution >= 0.6 is 43.5 Å². The van der Waals surface area contributed by atoms with E-state index in [-0.39, 0.29) is 12.5 Å². The lowest BCUT2D eigenvalue weighted by atomic mass is 10.2. The van der Waals surface area contributed by atoms with E-state index in [1.54, 1.807) is 18.2 Å². The Morgan fingerprint density at radius 3 is 2.38 bits per heavy atom. The van der Waals surface area contributed by atoms with Gasteiger partial charge in [-0.15, -0.1) is 0 Å². The highest BCUT2D eigenvalue weighted by Gasteiger charge is 2.13. The normalized spacial score (nSPS) is 10.2. The highest BCUT2D eigenvalue weighted by molar-refractivity contribution is 9.11. The molecule has 0 atom stereocenters. The third kappa shape index (κ3) is 4.78. The fourth-order valence-corrected chi connectivity index (χ4v) is 3.23. The SMILES string of the molecule is COc1cc(Cl)c(NC(=O)COc2ccc(Br)cc2Br)cc1OC. The molecule has 0 radical (unpaired) electrons. The molecule has 1 amide bonds. The maximum atomic E-state index is 12.1. The van der Waals surface area contributed by atoms with Crippen molar-refractivity contribution in [1.82, 2.24) is 0 Å². The standard InChI is InChI=1S/C16H14Br2ClNO4/c1-22-14-6-11(19)12(7-15(14)23-2)20-16(21)8-24-13-4-3-9(17)5-10(13)18/h3-7H,8H2,1-2H3,(H,20,21). The summed E-state index contributed by atoms with van der Waals surface area (Å²) < 4.78 is 17.5. The second kappa shape index (κ2) is 8.60. The van der Waals surface area contributed by atoms with Crippen molar-refractivity contribution in [1.29, 1.82) is 0 Å². The van der Waals surface area contributed by atoms with Gasteiger partial charge in [0.15, 0.2) is 18.1 Å². The molecule has 1 N–H and O–H groups in total. The monoisotopic (exact) mass is 477 g/mol. The lowest BCUT2D eigenvalue weighted by Crippen LogP contribution is -2.20. The molecule has 0 heterocycles. The molecule has 0 unspecified atom stereocenters. The highest BCUT2D eigenvalue weighted by atomic mass is 79.9. The van der Waals surface area contributed by atoms with Gasteiger partial charge in [0.2, 0.25) is 0 Å². The van der Waals surface area contributed by atoms with Crippen LogP contribution in [0.15, 0.2) is 39.3 Å². The number of hydrogen-bond acceptors (Lipinski definition) is 4. The smallest absolute Gasteiger partial charge is 0.262 e. The lowest BCUT2D eigenvalue weighted by molar-refractivity contribution is -0.118. The zero-order valence-corrected chi connectivity index (χ0v) is 16.8. The average Bonchev–Trinajstić information content (AvgIpc) is 2.55. The number of nitrogens with one attached hydrogen (secondary N) is 1. The summed E-state index contributed by atoms with van der Waals surface area (Å²) in [7, 11) is 3.02. The number of hydrogen-bond donors (Lipinski definition) is 1. The van der Waals surface area contributed by atoms with Crippen molar-refractivity contribution in [3.63, 3.8) is 0 Å². The van der Waals surface area contributed by atoms with Gasteiger partial charge >= 0.3 is 0 Å².